The predicted octanol–water partition coefficient (Wildman–Crippen LogP) is 3.30. The summed E-state index contributed by atoms with van der Waals surface area (Å²) in [5.74, 6) is 0. The summed E-state index contributed by atoms with van der Waals surface area (Å²) in [6.45, 7) is 2.75. The Morgan fingerprint density at radius 1 is 1.33 bits per heavy atom. The average Bonchev–Trinajstić information content (AvgIpc) is 2.47. The molecule has 0 N–H and O–H groups in total. The predicted molar refractivity (Wildman–Crippen MR) is 53.0 cm³/mol. The Balaban J connectivity index is 2.47. The van der Waals surface area contributed by atoms with E-state index in [0.717, 1.165) is 11.7 Å². The van der Waals surface area contributed by atoms with Gasteiger partial charge in [-0.05, 0) is 24.4 Å². The zero-order chi connectivity index (χ0) is 8.39. The summed E-state index contributed by atoms with van der Waals surface area (Å²) in [4.78, 5) is 0. The topological polar surface area (TPSA) is 9.23 Å². The lowest BCUT2D eigenvalue weighted by Gasteiger charge is -1.93. The first-order chi connectivity index (χ1) is 5.90. The van der Waals surface area contributed by atoms with Gasteiger partial charge in [0.25, 0.3) is 0 Å². The number of thiophene rings is 1. The molecule has 12 heavy (non-hydrogen) atoms. The van der Waals surface area contributed by atoms with Gasteiger partial charge in [0.05, 0.1) is 6.61 Å². The molecule has 0 amide bonds. The standard InChI is InChI=1S/C10H10OS/c1-2-11-10-7-8-5-3-4-6-9(8)12-10/h3-7H,2H2,1H3. The van der Waals surface area contributed by atoms with Crippen LogP contribution in [0.1, 0.15) is 6.92 Å². The molecular weight excluding hydrogens is 168 g/mol. The van der Waals surface area contributed by atoms with E-state index < -0.39 is 0 Å². The molecule has 62 valence electrons. The average molecular weight is 178 g/mol. The van der Waals surface area contributed by atoms with Crippen LogP contribution in [-0.2, 0) is 0 Å². The van der Waals surface area contributed by atoms with Crippen LogP contribution in [0.3, 0.4) is 0 Å². The first-order valence-electron chi connectivity index (χ1n) is 4.01. The lowest BCUT2D eigenvalue weighted by molar-refractivity contribution is 0.350. The quantitative estimate of drug-likeness (QED) is 0.685. The molecule has 1 aromatic heterocycles. The van der Waals surface area contributed by atoms with Crippen LogP contribution in [0.4, 0.5) is 0 Å². The number of ether oxygens (including phenoxy) is 1. The SMILES string of the molecule is CCOc1cc2ccccc2s1. The van der Waals surface area contributed by atoms with Crippen LogP contribution in [0.25, 0.3) is 10.1 Å². The van der Waals surface area contributed by atoms with Crippen LogP contribution in [0.15, 0.2) is 30.3 Å². The number of rotatable bonds is 2. The summed E-state index contributed by atoms with van der Waals surface area (Å²) >= 11 is 1.70. The molecule has 0 spiro atoms. The highest BCUT2D eigenvalue weighted by molar-refractivity contribution is 7.20. The zero-order valence-electron chi connectivity index (χ0n) is 6.91. The molecule has 0 bridgehead atoms. The molecule has 0 aliphatic heterocycles. The van der Waals surface area contributed by atoms with E-state index in [1.165, 1.54) is 10.1 Å². The van der Waals surface area contributed by atoms with Crippen molar-refractivity contribution in [3.63, 3.8) is 0 Å². The Bertz CT molecular complexity index is 345. The Morgan fingerprint density at radius 2 is 2.17 bits per heavy atom. The van der Waals surface area contributed by atoms with E-state index in [-0.39, 0.29) is 0 Å². The molecular formula is C10H10OS. The van der Waals surface area contributed by atoms with E-state index in [1.807, 2.05) is 13.0 Å². The molecule has 0 saturated heterocycles. The van der Waals surface area contributed by atoms with E-state index in [0.29, 0.717) is 0 Å². The van der Waals surface area contributed by atoms with Crippen molar-refractivity contribution >= 4 is 21.4 Å². The van der Waals surface area contributed by atoms with Crippen molar-refractivity contribution < 1.29 is 4.74 Å². The summed E-state index contributed by atoms with van der Waals surface area (Å²) in [5.41, 5.74) is 0. The molecule has 0 radical (unpaired) electrons. The van der Waals surface area contributed by atoms with Crippen LogP contribution in [0.5, 0.6) is 5.06 Å². The number of hydrogen-bond acceptors (Lipinski definition) is 2. The second-order valence-corrected chi connectivity index (χ2v) is 3.58. The second-order valence-electron chi connectivity index (χ2n) is 2.54. The third-order valence-electron chi connectivity index (χ3n) is 1.69. The van der Waals surface area contributed by atoms with Gasteiger partial charge in [-0.25, -0.2) is 0 Å². The lowest BCUT2D eigenvalue weighted by atomic mass is 10.3. The Hall–Kier alpha value is -1.02. The van der Waals surface area contributed by atoms with Gasteiger partial charge in [-0.2, -0.15) is 0 Å². The van der Waals surface area contributed by atoms with Gasteiger partial charge < -0.3 is 4.74 Å². The first kappa shape index (κ1) is 7.62. The minimum Gasteiger partial charge on any atom is -0.484 e. The maximum Gasteiger partial charge on any atom is 0.174 e. The number of fused-ring (bicyclic) bond motifs is 1. The highest BCUT2D eigenvalue weighted by Crippen LogP contribution is 2.30. The van der Waals surface area contributed by atoms with Gasteiger partial charge in [-0.1, -0.05) is 29.5 Å². The van der Waals surface area contributed by atoms with Crippen LogP contribution >= 0.6 is 11.3 Å². The number of benzene rings is 1. The normalized spacial score (nSPS) is 10.4. The van der Waals surface area contributed by atoms with Crippen molar-refractivity contribution in [3.05, 3.63) is 30.3 Å². The van der Waals surface area contributed by atoms with Crippen LogP contribution in [0, 0.1) is 0 Å². The lowest BCUT2D eigenvalue weighted by Crippen LogP contribution is -1.86. The minimum absolute atomic E-state index is 0.743. The van der Waals surface area contributed by atoms with E-state index in [4.69, 9.17) is 4.74 Å². The molecule has 0 aliphatic carbocycles. The smallest absolute Gasteiger partial charge is 0.174 e. The molecule has 1 nitrogen and oxygen atoms in total. The fraction of sp³-hybridized carbons (Fsp3) is 0.200. The van der Waals surface area contributed by atoms with Crippen molar-refractivity contribution in [2.75, 3.05) is 6.61 Å². The summed E-state index contributed by atoms with van der Waals surface area (Å²) in [7, 11) is 0. The van der Waals surface area contributed by atoms with Crippen molar-refractivity contribution in [2.45, 2.75) is 6.92 Å². The van der Waals surface area contributed by atoms with Crippen molar-refractivity contribution in [1.29, 1.82) is 0 Å². The third kappa shape index (κ3) is 1.30. The molecule has 2 aromatic rings. The Morgan fingerprint density at radius 3 is 2.92 bits per heavy atom. The number of hydrogen-bond donors (Lipinski definition) is 0. The van der Waals surface area contributed by atoms with Gasteiger partial charge in [0.2, 0.25) is 0 Å². The van der Waals surface area contributed by atoms with Gasteiger partial charge in [-0.15, -0.1) is 0 Å². The maximum absolute atomic E-state index is 5.41. The first-order valence-corrected chi connectivity index (χ1v) is 4.83. The van der Waals surface area contributed by atoms with E-state index in [9.17, 15) is 0 Å². The van der Waals surface area contributed by atoms with Crippen LogP contribution in [-0.4, -0.2) is 6.61 Å². The van der Waals surface area contributed by atoms with Gasteiger partial charge in [0.1, 0.15) is 0 Å². The molecule has 1 aromatic carbocycles. The fourth-order valence-electron chi connectivity index (χ4n) is 1.17. The monoisotopic (exact) mass is 178 g/mol. The molecule has 0 atom stereocenters. The summed E-state index contributed by atoms with van der Waals surface area (Å²) < 4.78 is 6.70. The molecule has 0 aliphatic rings. The van der Waals surface area contributed by atoms with E-state index in [2.05, 4.69) is 24.3 Å². The molecule has 0 fully saturated rings. The summed E-state index contributed by atoms with van der Waals surface area (Å²) in [5, 5.41) is 2.28. The third-order valence-corrected chi connectivity index (χ3v) is 2.72. The Kier molecular flexibility index (Phi) is 2.00. The minimum atomic E-state index is 0.743. The van der Waals surface area contributed by atoms with Gasteiger partial charge in [0.15, 0.2) is 5.06 Å². The van der Waals surface area contributed by atoms with Crippen molar-refractivity contribution in [1.82, 2.24) is 0 Å². The van der Waals surface area contributed by atoms with Gasteiger partial charge >= 0.3 is 0 Å². The molecule has 0 saturated carbocycles. The van der Waals surface area contributed by atoms with Gasteiger partial charge in [-0.3, -0.25) is 0 Å². The maximum atomic E-state index is 5.41. The summed E-state index contributed by atoms with van der Waals surface area (Å²) in [6, 6.07) is 10.4. The van der Waals surface area contributed by atoms with E-state index >= 15 is 0 Å². The molecule has 0 unspecified atom stereocenters. The highest BCUT2D eigenvalue weighted by atomic mass is 32.1. The van der Waals surface area contributed by atoms with Crippen molar-refractivity contribution in [3.8, 4) is 5.06 Å². The highest BCUT2D eigenvalue weighted by Gasteiger charge is 1.99. The fourth-order valence-corrected chi connectivity index (χ4v) is 2.14. The largest absolute Gasteiger partial charge is 0.484 e. The molecule has 2 rings (SSSR count). The Labute approximate surface area is 75.6 Å². The van der Waals surface area contributed by atoms with Crippen molar-refractivity contribution in [2.24, 2.45) is 0 Å². The van der Waals surface area contributed by atoms with Crippen LogP contribution < -0.4 is 4.74 Å². The molecule has 2 heteroatoms. The zero-order valence-corrected chi connectivity index (χ0v) is 7.73. The van der Waals surface area contributed by atoms with Crippen LogP contribution in [0.2, 0.25) is 0 Å². The van der Waals surface area contributed by atoms with E-state index in [1.54, 1.807) is 11.3 Å². The molecule has 1 heterocycles. The second kappa shape index (κ2) is 3.15. The summed E-state index contributed by atoms with van der Waals surface area (Å²) in [6.07, 6.45) is 0. The van der Waals surface area contributed by atoms with Gasteiger partial charge in [0, 0.05) is 4.70 Å².